The molecule has 2 saturated heterocycles. The van der Waals surface area contributed by atoms with Gasteiger partial charge in [0.1, 0.15) is 0 Å². The van der Waals surface area contributed by atoms with Crippen molar-refractivity contribution in [2.75, 3.05) is 46.0 Å². The average Bonchev–Trinajstić information content (AvgIpc) is 2.73. The molecule has 0 saturated carbocycles. The summed E-state index contributed by atoms with van der Waals surface area (Å²) in [5.74, 6) is 1.01. The van der Waals surface area contributed by atoms with Crippen LogP contribution in [0, 0.1) is 0 Å². The molecule has 2 aliphatic rings. The summed E-state index contributed by atoms with van der Waals surface area (Å²) in [6.07, 6.45) is 4.40. The van der Waals surface area contributed by atoms with Crippen LogP contribution in [0.4, 0.5) is 0 Å². The molecule has 3 rings (SSSR count). The molecule has 1 aromatic carbocycles. The van der Waals surface area contributed by atoms with Gasteiger partial charge in [0.05, 0.1) is 12.6 Å². The highest BCUT2D eigenvalue weighted by Gasteiger charge is 2.36. The lowest BCUT2D eigenvalue weighted by Crippen LogP contribution is -2.48. The summed E-state index contributed by atoms with van der Waals surface area (Å²) in [5.41, 5.74) is 1.15. The third-order valence-electron chi connectivity index (χ3n) is 5.91. The van der Waals surface area contributed by atoms with Gasteiger partial charge in [-0.25, -0.2) is 0 Å². The number of ether oxygens (including phenoxy) is 2. The Balaban J connectivity index is 1.77. The monoisotopic (exact) mass is 407 g/mol. The Labute approximate surface area is 174 Å². The van der Waals surface area contributed by atoms with Crippen molar-refractivity contribution in [3.63, 3.8) is 0 Å². The second-order valence-electron chi connectivity index (χ2n) is 7.68. The Kier molecular flexibility index (Phi) is 8.00. The summed E-state index contributed by atoms with van der Waals surface area (Å²) in [4.78, 5) is 7.47. The normalized spacial score (nSPS) is 21.0. The number of aliphatic imine (C=N–C) groups is 1. The Morgan fingerprint density at radius 3 is 2.61 bits per heavy atom. The fraction of sp³-hybridized carbons (Fsp3) is 0.682. The molecule has 2 fully saturated rings. The lowest BCUT2D eigenvalue weighted by atomic mass is 9.74. The van der Waals surface area contributed by atoms with Crippen molar-refractivity contribution < 1.29 is 9.47 Å². The van der Waals surface area contributed by atoms with Gasteiger partial charge in [-0.2, -0.15) is 0 Å². The van der Waals surface area contributed by atoms with E-state index in [4.69, 9.17) is 26.1 Å². The summed E-state index contributed by atoms with van der Waals surface area (Å²) in [5, 5.41) is 4.33. The molecule has 2 heterocycles. The first kappa shape index (κ1) is 21.4. The number of nitrogens with zero attached hydrogens (tertiary/aromatic N) is 2. The van der Waals surface area contributed by atoms with Gasteiger partial charge in [-0.1, -0.05) is 29.8 Å². The van der Waals surface area contributed by atoms with Gasteiger partial charge in [0.25, 0.3) is 0 Å². The van der Waals surface area contributed by atoms with Crippen LogP contribution in [0.15, 0.2) is 29.3 Å². The molecule has 0 amide bonds. The zero-order valence-corrected chi connectivity index (χ0v) is 18.0. The zero-order valence-electron chi connectivity index (χ0n) is 17.3. The van der Waals surface area contributed by atoms with E-state index < -0.39 is 0 Å². The van der Waals surface area contributed by atoms with Gasteiger partial charge in [0.2, 0.25) is 0 Å². The molecule has 0 aliphatic carbocycles. The third-order valence-corrected chi connectivity index (χ3v) is 6.23. The smallest absolute Gasteiger partial charge is 0.193 e. The molecule has 0 unspecified atom stereocenters. The van der Waals surface area contributed by atoms with Crippen LogP contribution < -0.4 is 5.32 Å². The van der Waals surface area contributed by atoms with Gasteiger partial charge in [-0.05, 0) is 51.2 Å². The molecule has 2 aliphatic heterocycles. The molecule has 0 bridgehead atoms. The maximum atomic E-state index is 6.59. The number of hydrogen-bond acceptors (Lipinski definition) is 3. The minimum atomic E-state index is -0.0547. The highest BCUT2D eigenvalue weighted by molar-refractivity contribution is 6.31. The first-order valence-electron chi connectivity index (χ1n) is 10.7. The molecule has 5 nitrogen and oxygen atoms in total. The molecule has 156 valence electrons. The number of piperidine rings is 1. The number of benzene rings is 1. The van der Waals surface area contributed by atoms with Crippen molar-refractivity contribution in [2.24, 2.45) is 4.99 Å². The van der Waals surface area contributed by atoms with Crippen LogP contribution in [0.2, 0.25) is 5.02 Å². The number of likely N-dealkylation sites (tertiary alicyclic amines) is 1. The predicted octanol–water partition coefficient (Wildman–Crippen LogP) is 3.85. The van der Waals surface area contributed by atoms with Crippen molar-refractivity contribution >= 4 is 17.6 Å². The standard InChI is InChI=1S/C22H34ClN3O2/c1-3-24-21(26-13-9-18(10-14-26)28-4-2)25-17-22(11-15-27-16-12-22)19-7-5-6-8-20(19)23/h5-8,18H,3-4,9-17H2,1-2H3,(H,24,25). The summed E-state index contributed by atoms with van der Waals surface area (Å²) in [6, 6.07) is 8.21. The number of halogens is 1. The third kappa shape index (κ3) is 5.19. The number of guanidine groups is 1. The summed E-state index contributed by atoms with van der Waals surface area (Å²) < 4.78 is 11.5. The fourth-order valence-corrected chi connectivity index (χ4v) is 4.62. The molecule has 0 aromatic heterocycles. The average molecular weight is 408 g/mol. The van der Waals surface area contributed by atoms with E-state index in [-0.39, 0.29) is 5.41 Å². The molecule has 6 heteroatoms. The molecular weight excluding hydrogens is 374 g/mol. The lowest BCUT2D eigenvalue weighted by Gasteiger charge is -2.38. The van der Waals surface area contributed by atoms with Gasteiger partial charge in [0, 0.05) is 49.9 Å². The van der Waals surface area contributed by atoms with Crippen molar-refractivity contribution in [1.29, 1.82) is 0 Å². The summed E-state index contributed by atoms with van der Waals surface area (Å²) >= 11 is 6.59. The van der Waals surface area contributed by atoms with E-state index in [2.05, 4.69) is 36.2 Å². The number of hydrogen-bond donors (Lipinski definition) is 1. The Bertz CT molecular complexity index is 638. The van der Waals surface area contributed by atoms with Gasteiger partial charge < -0.3 is 19.7 Å². The summed E-state index contributed by atoms with van der Waals surface area (Å²) in [6.45, 7) is 10.1. The van der Waals surface area contributed by atoms with Crippen molar-refractivity contribution in [3.05, 3.63) is 34.9 Å². The SMILES string of the molecule is CCNC(=NCC1(c2ccccc2Cl)CCOCC1)N1CCC(OCC)CC1. The van der Waals surface area contributed by atoms with Crippen LogP contribution in [0.25, 0.3) is 0 Å². The molecule has 0 atom stereocenters. The quantitative estimate of drug-likeness (QED) is 0.574. The van der Waals surface area contributed by atoms with Gasteiger partial charge in [-0.3, -0.25) is 4.99 Å². The van der Waals surface area contributed by atoms with Crippen LogP contribution in [0.3, 0.4) is 0 Å². The van der Waals surface area contributed by atoms with Crippen LogP contribution >= 0.6 is 11.6 Å². The molecule has 0 radical (unpaired) electrons. The molecule has 1 aromatic rings. The van der Waals surface area contributed by atoms with E-state index in [1.807, 2.05) is 12.1 Å². The van der Waals surface area contributed by atoms with Gasteiger partial charge in [0.15, 0.2) is 5.96 Å². The second kappa shape index (κ2) is 10.5. The molecule has 28 heavy (non-hydrogen) atoms. The van der Waals surface area contributed by atoms with Crippen molar-refractivity contribution in [1.82, 2.24) is 10.2 Å². The van der Waals surface area contributed by atoms with Crippen LogP contribution in [0.5, 0.6) is 0 Å². The number of rotatable bonds is 6. The topological polar surface area (TPSA) is 46.1 Å². The highest BCUT2D eigenvalue weighted by atomic mass is 35.5. The van der Waals surface area contributed by atoms with Gasteiger partial charge in [-0.15, -0.1) is 0 Å². The van der Waals surface area contributed by atoms with E-state index >= 15 is 0 Å². The van der Waals surface area contributed by atoms with E-state index in [1.54, 1.807) is 0 Å². The Hall–Kier alpha value is -1.30. The van der Waals surface area contributed by atoms with E-state index in [9.17, 15) is 0 Å². The van der Waals surface area contributed by atoms with E-state index in [0.717, 1.165) is 82.7 Å². The zero-order chi connectivity index (χ0) is 19.8. The predicted molar refractivity (Wildman–Crippen MR) is 115 cm³/mol. The molecule has 1 N–H and O–H groups in total. The Morgan fingerprint density at radius 2 is 1.96 bits per heavy atom. The second-order valence-corrected chi connectivity index (χ2v) is 8.09. The molecule has 0 spiro atoms. The van der Waals surface area contributed by atoms with Crippen LogP contribution in [0.1, 0.15) is 45.1 Å². The maximum Gasteiger partial charge on any atom is 0.193 e. The molecular formula is C22H34ClN3O2. The van der Waals surface area contributed by atoms with Gasteiger partial charge >= 0.3 is 0 Å². The summed E-state index contributed by atoms with van der Waals surface area (Å²) in [7, 11) is 0. The van der Waals surface area contributed by atoms with Crippen LogP contribution in [-0.4, -0.2) is 63.0 Å². The fourth-order valence-electron chi connectivity index (χ4n) is 4.29. The van der Waals surface area contributed by atoms with E-state index in [1.165, 1.54) is 5.56 Å². The van der Waals surface area contributed by atoms with Crippen molar-refractivity contribution in [3.8, 4) is 0 Å². The largest absolute Gasteiger partial charge is 0.381 e. The minimum absolute atomic E-state index is 0.0547. The maximum absolute atomic E-state index is 6.59. The Morgan fingerprint density at radius 1 is 1.25 bits per heavy atom. The van der Waals surface area contributed by atoms with Crippen molar-refractivity contribution in [2.45, 2.75) is 51.0 Å². The highest BCUT2D eigenvalue weighted by Crippen LogP contribution is 2.39. The van der Waals surface area contributed by atoms with E-state index in [0.29, 0.717) is 6.10 Å². The van der Waals surface area contributed by atoms with Crippen LogP contribution in [-0.2, 0) is 14.9 Å². The minimum Gasteiger partial charge on any atom is -0.381 e. The lowest BCUT2D eigenvalue weighted by molar-refractivity contribution is 0.0262. The number of nitrogens with one attached hydrogen (secondary N) is 1. The first-order chi connectivity index (χ1) is 13.7. The first-order valence-corrected chi connectivity index (χ1v) is 11.0.